The zero-order valence-electron chi connectivity index (χ0n) is 11.3. The lowest BCUT2D eigenvalue weighted by Crippen LogP contribution is -2.41. The third kappa shape index (κ3) is 2.79. The molecule has 6 heteroatoms. The van der Waals surface area contributed by atoms with E-state index < -0.39 is 5.97 Å². The van der Waals surface area contributed by atoms with Gasteiger partial charge in [0.15, 0.2) is 0 Å². The molecule has 1 fully saturated rings. The lowest BCUT2D eigenvalue weighted by Gasteiger charge is -2.18. The van der Waals surface area contributed by atoms with Crippen molar-refractivity contribution in [2.24, 2.45) is 0 Å². The number of anilines is 1. The predicted octanol–water partition coefficient (Wildman–Crippen LogP) is 1.64. The third-order valence-corrected chi connectivity index (χ3v) is 3.93. The molecule has 0 aliphatic carbocycles. The Hall–Kier alpha value is -1.40. The van der Waals surface area contributed by atoms with E-state index in [2.05, 4.69) is 5.32 Å². The Morgan fingerprint density at radius 3 is 2.95 bits per heavy atom. The SMILES string of the molecule is COC(=O)c1sccc1N1CCC(NC(C)C)C1=O. The van der Waals surface area contributed by atoms with Gasteiger partial charge in [-0.1, -0.05) is 13.8 Å². The molecule has 0 radical (unpaired) electrons. The number of nitrogens with one attached hydrogen (secondary N) is 1. The number of carbonyl (C=O) groups is 2. The van der Waals surface area contributed by atoms with E-state index in [0.717, 1.165) is 6.42 Å². The van der Waals surface area contributed by atoms with Gasteiger partial charge in [-0.2, -0.15) is 0 Å². The smallest absolute Gasteiger partial charge is 0.350 e. The summed E-state index contributed by atoms with van der Waals surface area (Å²) in [5.74, 6) is -0.365. The molecule has 2 rings (SSSR count). The predicted molar refractivity (Wildman–Crippen MR) is 74.7 cm³/mol. The number of nitrogens with zero attached hydrogens (tertiary/aromatic N) is 1. The van der Waals surface area contributed by atoms with Crippen molar-refractivity contribution < 1.29 is 14.3 Å². The van der Waals surface area contributed by atoms with E-state index in [9.17, 15) is 9.59 Å². The van der Waals surface area contributed by atoms with Gasteiger partial charge in [-0.25, -0.2) is 4.79 Å². The molecule has 1 saturated heterocycles. The summed E-state index contributed by atoms with van der Waals surface area (Å²) >= 11 is 1.30. The lowest BCUT2D eigenvalue weighted by atomic mass is 10.2. The first-order chi connectivity index (χ1) is 9.04. The Balaban J connectivity index is 2.18. The maximum absolute atomic E-state index is 12.3. The van der Waals surface area contributed by atoms with E-state index in [4.69, 9.17) is 4.74 Å². The number of thiophene rings is 1. The minimum Gasteiger partial charge on any atom is -0.465 e. The molecule has 1 aromatic heterocycles. The molecule has 2 heterocycles. The van der Waals surface area contributed by atoms with E-state index in [1.807, 2.05) is 13.8 Å². The first-order valence-electron chi connectivity index (χ1n) is 6.27. The minimum absolute atomic E-state index is 0.0252. The van der Waals surface area contributed by atoms with Crippen LogP contribution >= 0.6 is 11.3 Å². The van der Waals surface area contributed by atoms with Crippen LogP contribution in [0, 0.1) is 0 Å². The molecule has 1 N–H and O–H groups in total. The van der Waals surface area contributed by atoms with E-state index in [-0.39, 0.29) is 18.0 Å². The van der Waals surface area contributed by atoms with E-state index in [1.54, 1.807) is 16.3 Å². The van der Waals surface area contributed by atoms with Crippen molar-refractivity contribution in [2.45, 2.75) is 32.4 Å². The summed E-state index contributed by atoms with van der Waals surface area (Å²) in [6.45, 7) is 4.66. The fourth-order valence-corrected chi connectivity index (χ4v) is 3.05. The number of hydrogen-bond donors (Lipinski definition) is 1. The van der Waals surface area contributed by atoms with Crippen LogP contribution in [-0.2, 0) is 9.53 Å². The maximum Gasteiger partial charge on any atom is 0.350 e. The van der Waals surface area contributed by atoms with Crippen molar-refractivity contribution in [3.63, 3.8) is 0 Å². The normalized spacial score (nSPS) is 19.3. The molecule has 1 aromatic rings. The molecule has 0 saturated carbocycles. The van der Waals surface area contributed by atoms with E-state index in [0.29, 0.717) is 17.1 Å². The van der Waals surface area contributed by atoms with Crippen LogP contribution in [0.2, 0.25) is 0 Å². The van der Waals surface area contributed by atoms with Crippen molar-refractivity contribution in [3.8, 4) is 0 Å². The molecule has 19 heavy (non-hydrogen) atoms. The number of esters is 1. The first-order valence-corrected chi connectivity index (χ1v) is 7.15. The molecule has 104 valence electrons. The summed E-state index contributed by atoms with van der Waals surface area (Å²) in [6, 6.07) is 1.90. The molecular weight excluding hydrogens is 264 g/mol. The van der Waals surface area contributed by atoms with Gasteiger partial charge in [-0.15, -0.1) is 11.3 Å². The second kappa shape index (κ2) is 5.71. The third-order valence-electron chi connectivity index (χ3n) is 3.05. The molecule has 1 amide bonds. The summed E-state index contributed by atoms with van der Waals surface area (Å²) < 4.78 is 4.74. The van der Waals surface area contributed by atoms with Gasteiger partial charge in [0.25, 0.3) is 0 Å². The van der Waals surface area contributed by atoms with Gasteiger partial charge in [-0.05, 0) is 17.9 Å². The monoisotopic (exact) mass is 282 g/mol. The van der Waals surface area contributed by atoms with Crippen molar-refractivity contribution in [3.05, 3.63) is 16.3 Å². The van der Waals surface area contributed by atoms with Gasteiger partial charge in [0.05, 0.1) is 18.8 Å². The number of ether oxygens (including phenoxy) is 1. The van der Waals surface area contributed by atoms with Crippen molar-refractivity contribution >= 4 is 28.9 Å². The summed E-state index contributed by atoms with van der Waals surface area (Å²) in [6.07, 6.45) is 0.757. The van der Waals surface area contributed by atoms with E-state index >= 15 is 0 Å². The number of carbonyl (C=O) groups excluding carboxylic acids is 2. The molecular formula is C13H18N2O3S. The second-order valence-corrected chi connectivity index (χ2v) is 5.70. The van der Waals surface area contributed by atoms with E-state index in [1.165, 1.54) is 18.4 Å². The Bertz CT molecular complexity index is 484. The van der Waals surface area contributed by atoms with Crippen LogP contribution in [0.5, 0.6) is 0 Å². The molecule has 1 atom stereocenters. The van der Waals surface area contributed by atoms with Crippen LogP contribution in [0.25, 0.3) is 0 Å². The summed E-state index contributed by atoms with van der Waals surface area (Å²) in [5.41, 5.74) is 0.662. The van der Waals surface area contributed by atoms with Gasteiger partial charge >= 0.3 is 5.97 Å². The standard InChI is InChI=1S/C13H18N2O3S/c1-8(2)14-9-4-6-15(12(9)16)10-5-7-19-11(10)13(17)18-3/h5,7-9,14H,4,6H2,1-3H3. The van der Waals surface area contributed by atoms with Gasteiger partial charge in [-0.3, -0.25) is 4.79 Å². The Morgan fingerprint density at radius 2 is 2.32 bits per heavy atom. The van der Waals surface area contributed by atoms with Crippen LogP contribution < -0.4 is 10.2 Å². The van der Waals surface area contributed by atoms with Crippen LogP contribution in [0.3, 0.4) is 0 Å². The van der Waals surface area contributed by atoms with Crippen LogP contribution in [0.15, 0.2) is 11.4 Å². The molecule has 1 aliphatic rings. The molecule has 0 bridgehead atoms. The number of rotatable bonds is 4. The zero-order valence-corrected chi connectivity index (χ0v) is 12.1. The highest BCUT2D eigenvalue weighted by molar-refractivity contribution is 7.12. The zero-order chi connectivity index (χ0) is 14.0. The summed E-state index contributed by atoms with van der Waals surface area (Å²) in [5, 5.41) is 5.05. The average Bonchev–Trinajstić information content (AvgIpc) is 2.96. The summed E-state index contributed by atoms with van der Waals surface area (Å²) in [7, 11) is 1.35. The van der Waals surface area contributed by atoms with Crippen molar-refractivity contribution in [1.82, 2.24) is 5.32 Å². The molecule has 0 aromatic carbocycles. The van der Waals surface area contributed by atoms with Crippen LogP contribution in [0.4, 0.5) is 5.69 Å². The number of methoxy groups -OCH3 is 1. The fourth-order valence-electron chi connectivity index (χ4n) is 2.24. The van der Waals surface area contributed by atoms with Gasteiger partial charge in [0.1, 0.15) is 4.88 Å². The fraction of sp³-hybridized carbons (Fsp3) is 0.538. The number of amides is 1. The molecule has 5 nitrogen and oxygen atoms in total. The Kier molecular flexibility index (Phi) is 4.21. The van der Waals surface area contributed by atoms with Crippen LogP contribution in [-0.4, -0.2) is 37.6 Å². The molecule has 1 unspecified atom stereocenters. The highest BCUT2D eigenvalue weighted by Crippen LogP contribution is 2.30. The maximum atomic E-state index is 12.3. The Morgan fingerprint density at radius 1 is 1.58 bits per heavy atom. The summed E-state index contributed by atoms with van der Waals surface area (Å²) in [4.78, 5) is 26.1. The van der Waals surface area contributed by atoms with Crippen molar-refractivity contribution in [1.29, 1.82) is 0 Å². The van der Waals surface area contributed by atoms with Gasteiger partial charge in [0.2, 0.25) is 5.91 Å². The first kappa shape index (κ1) is 14.0. The quantitative estimate of drug-likeness (QED) is 0.853. The average molecular weight is 282 g/mol. The van der Waals surface area contributed by atoms with Crippen LogP contribution in [0.1, 0.15) is 29.9 Å². The topological polar surface area (TPSA) is 58.6 Å². The highest BCUT2D eigenvalue weighted by atomic mass is 32.1. The molecule has 1 aliphatic heterocycles. The second-order valence-electron chi connectivity index (χ2n) is 4.78. The van der Waals surface area contributed by atoms with Gasteiger partial charge < -0.3 is 15.0 Å². The highest BCUT2D eigenvalue weighted by Gasteiger charge is 2.35. The lowest BCUT2D eigenvalue weighted by molar-refractivity contribution is -0.118. The molecule has 0 spiro atoms. The minimum atomic E-state index is -0.391. The van der Waals surface area contributed by atoms with Crippen molar-refractivity contribution in [2.75, 3.05) is 18.6 Å². The largest absolute Gasteiger partial charge is 0.465 e. The Labute approximate surface area is 116 Å². The van der Waals surface area contributed by atoms with Gasteiger partial charge in [0, 0.05) is 12.6 Å². The number of hydrogen-bond acceptors (Lipinski definition) is 5.